The topological polar surface area (TPSA) is 15.6 Å². The first-order chi connectivity index (χ1) is 7.68. The molecule has 1 aliphatic rings. The van der Waals surface area contributed by atoms with Gasteiger partial charge in [0.1, 0.15) is 0 Å². The Labute approximate surface area is 97.3 Å². The van der Waals surface area contributed by atoms with Gasteiger partial charge in [0.2, 0.25) is 0 Å². The highest BCUT2D eigenvalue weighted by atomic mass is 15.1. The maximum absolute atomic E-state index is 4.48. The van der Waals surface area contributed by atoms with Crippen LogP contribution in [0.3, 0.4) is 0 Å². The number of hydrogen-bond donors (Lipinski definition) is 0. The van der Waals surface area contributed by atoms with Gasteiger partial charge >= 0.3 is 0 Å². The zero-order valence-electron chi connectivity index (χ0n) is 10.2. The molecule has 2 heteroatoms. The van der Waals surface area contributed by atoms with E-state index in [2.05, 4.69) is 55.2 Å². The molecule has 0 radical (unpaired) electrons. The predicted octanol–water partition coefficient (Wildman–Crippen LogP) is 3.16. The van der Waals surface area contributed by atoms with E-state index >= 15 is 0 Å². The SMILES string of the molecule is Cc1ccc(N(C)C)cc1C1=NC=CCC1. The van der Waals surface area contributed by atoms with Crippen molar-refractivity contribution in [2.45, 2.75) is 19.8 Å². The van der Waals surface area contributed by atoms with Gasteiger partial charge in [-0.05, 0) is 37.5 Å². The lowest BCUT2D eigenvalue weighted by Gasteiger charge is -2.17. The van der Waals surface area contributed by atoms with Gasteiger partial charge in [0.15, 0.2) is 0 Å². The Kier molecular flexibility index (Phi) is 3.09. The van der Waals surface area contributed by atoms with E-state index in [1.54, 1.807) is 0 Å². The molecule has 0 bridgehead atoms. The van der Waals surface area contributed by atoms with E-state index in [0.29, 0.717) is 0 Å². The molecule has 84 valence electrons. The molecule has 1 aliphatic heterocycles. The summed E-state index contributed by atoms with van der Waals surface area (Å²) in [5.74, 6) is 0. The second-order valence-corrected chi connectivity index (χ2v) is 4.39. The standard InChI is InChI=1S/C14H18N2/c1-11-7-8-12(16(2)3)10-13(11)14-6-4-5-9-15-14/h5,7-10H,4,6H2,1-3H3. The molecule has 0 aromatic heterocycles. The fourth-order valence-electron chi connectivity index (χ4n) is 1.91. The van der Waals surface area contributed by atoms with Gasteiger partial charge in [-0.15, -0.1) is 0 Å². The van der Waals surface area contributed by atoms with Crippen LogP contribution >= 0.6 is 0 Å². The Morgan fingerprint density at radius 2 is 2.06 bits per heavy atom. The number of aliphatic imine (C=N–C) groups is 1. The molecule has 0 unspecified atom stereocenters. The Morgan fingerprint density at radius 3 is 2.69 bits per heavy atom. The number of hydrogen-bond acceptors (Lipinski definition) is 2. The van der Waals surface area contributed by atoms with Crippen LogP contribution in [0.2, 0.25) is 0 Å². The molecule has 0 amide bonds. The first kappa shape index (κ1) is 10.9. The molecule has 0 aliphatic carbocycles. The Morgan fingerprint density at radius 1 is 1.25 bits per heavy atom. The summed E-state index contributed by atoms with van der Waals surface area (Å²) >= 11 is 0. The molecule has 0 atom stereocenters. The van der Waals surface area contributed by atoms with Gasteiger partial charge in [0, 0.05) is 37.3 Å². The molecule has 0 N–H and O–H groups in total. The van der Waals surface area contributed by atoms with Crippen LogP contribution in [-0.2, 0) is 0 Å². The summed E-state index contributed by atoms with van der Waals surface area (Å²) in [7, 11) is 4.13. The van der Waals surface area contributed by atoms with E-state index in [-0.39, 0.29) is 0 Å². The fraction of sp³-hybridized carbons (Fsp3) is 0.357. The van der Waals surface area contributed by atoms with Crippen molar-refractivity contribution in [3.63, 3.8) is 0 Å². The van der Waals surface area contributed by atoms with Crippen molar-refractivity contribution >= 4 is 11.4 Å². The summed E-state index contributed by atoms with van der Waals surface area (Å²) < 4.78 is 0. The normalized spacial score (nSPS) is 14.8. The maximum Gasteiger partial charge on any atom is 0.0482 e. The summed E-state index contributed by atoms with van der Waals surface area (Å²) in [5, 5.41) is 0. The lowest BCUT2D eigenvalue weighted by Crippen LogP contribution is -2.11. The first-order valence-electron chi connectivity index (χ1n) is 5.68. The second kappa shape index (κ2) is 4.52. The molecule has 0 spiro atoms. The minimum atomic E-state index is 1.05. The Bertz CT molecular complexity index is 442. The van der Waals surface area contributed by atoms with E-state index < -0.39 is 0 Å². The quantitative estimate of drug-likeness (QED) is 0.738. The summed E-state index contributed by atoms with van der Waals surface area (Å²) in [6.45, 7) is 2.15. The Hall–Kier alpha value is -1.57. The Balaban J connectivity index is 2.42. The van der Waals surface area contributed by atoms with Gasteiger partial charge in [-0.25, -0.2) is 0 Å². The highest BCUT2D eigenvalue weighted by Crippen LogP contribution is 2.21. The van der Waals surface area contributed by atoms with Crippen molar-refractivity contribution in [2.75, 3.05) is 19.0 Å². The number of nitrogens with zero attached hydrogens (tertiary/aromatic N) is 2. The van der Waals surface area contributed by atoms with Crippen LogP contribution < -0.4 is 4.90 Å². The van der Waals surface area contributed by atoms with Gasteiger partial charge in [0.25, 0.3) is 0 Å². The third-order valence-corrected chi connectivity index (χ3v) is 2.93. The van der Waals surface area contributed by atoms with Crippen LogP contribution in [0, 0.1) is 6.92 Å². The zero-order valence-corrected chi connectivity index (χ0v) is 10.2. The van der Waals surface area contributed by atoms with Gasteiger partial charge in [-0.3, -0.25) is 4.99 Å². The molecule has 0 saturated carbocycles. The molecular formula is C14H18N2. The molecule has 0 fully saturated rings. The molecule has 16 heavy (non-hydrogen) atoms. The molecular weight excluding hydrogens is 196 g/mol. The second-order valence-electron chi connectivity index (χ2n) is 4.39. The highest BCUT2D eigenvalue weighted by molar-refractivity contribution is 6.03. The van der Waals surface area contributed by atoms with Crippen LogP contribution in [0.4, 0.5) is 5.69 Å². The van der Waals surface area contributed by atoms with E-state index in [9.17, 15) is 0 Å². The van der Waals surface area contributed by atoms with Crippen LogP contribution in [0.15, 0.2) is 35.5 Å². The number of rotatable bonds is 2. The number of aryl methyl sites for hydroxylation is 1. The minimum Gasteiger partial charge on any atom is -0.378 e. The summed E-state index contributed by atoms with van der Waals surface area (Å²) in [5.41, 5.74) is 5.04. The van der Waals surface area contributed by atoms with E-state index in [1.165, 1.54) is 22.5 Å². The van der Waals surface area contributed by atoms with Crippen LogP contribution in [0.5, 0.6) is 0 Å². The maximum atomic E-state index is 4.48. The molecule has 1 aromatic carbocycles. The minimum absolute atomic E-state index is 1.05. The monoisotopic (exact) mass is 214 g/mol. The third kappa shape index (κ3) is 2.16. The van der Waals surface area contributed by atoms with Crippen LogP contribution in [-0.4, -0.2) is 19.8 Å². The molecule has 1 heterocycles. The lowest BCUT2D eigenvalue weighted by molar-refractivity contribution is 1.05. The first-order valence-corrected chi connectivity index (χ1v) is 5.68. The largest absolute Gasteiger partial charge is 0.378 e. The van der Waals surface area contributed by atoms with Crippen molar-refractivity contribution in [1.29, 1.82) is 0 Å². The molecule has 2 rings (SSSR count). The molecule has 0 saturated heterocycles. The van der Waals surface area contributed by atoms with E-state index in [0.717, 1.165) is 12.8 Å². The van der Waals surface area contributed by atoms with Crippen molar-refractivity contribution in [1.82, 2.24) is 0 Å². The number of benzene rings is 1. The van der Waals surface area contributed by atoms with Gasteiger partial charge < -0.3 is 4.90 Å². The van der Waals surface area contributed by atoms with Crippen molar-refractivity contribution < 1.29 is 0 Å². The van der Waals surface area contributed by atoms with Gasteiger partial charge in [-0.1, -0.05) is 12.1 Å². The molecule has 1 aromatic rings. The third-order valence-electron chi connectivity index (χ3n) is 2.93. The predicted molar refractivity (Wildman–Crippen MR) is 70.4 cm³/mol. The number of anilines is 1. The van der Waals surface area contributed by atoms with E-state index in [1.807, 2.05) is 6.20 Å². The zero-order chi connectivity index (χ0) is 11.5. The van der Waals surface area contributed by atoms with Crippen molar-refractivity contribution in [3.8, 4) is 0 Å². The van der Waals surface area contributed by atoms with Crippen molar-refractivity contribution in [2.24, 2.45) is 4.99 Å². The average Bonchev–Trinajstić information content (AvgIpc) is 2.30. The highest BCUT2D eigenvalue weighted by Gasteiger charge is 2.09. The van der Waals surface area contributed by atoms with Gasteiger partial charge in [0.05, 0.1) is 0 Å². The lowest BCUT2D eigenvalue weighted by atomic mass is 9.98. The summed E-state index contributed by atoms with van der Waals surface area (Å²) in [6.07, 6.45) is 6.19. The fourth-order valence-corrected chi connectivity index (χ4v) is 1.91. The number of allylic oxidation sites excluding steroid dienone is 1. The van der Waals surface area contributed by atoms with E-state index in [4.69, 9.17) is 0 Å². The van der Waals surface area contributed by atoms with Crippen molar-refractivity contribution in [3.05, 3.63) is 41.6 Å². The average molecular weight is 214 g/mol. The molecule has 2 nitrogen and oxygen atoms in total. The van der Waals surface area contributed by atoms with Crippen LogP contribution in [0.25, 0.3) is 0 Å². The smallest absolute Gasteiger partial charge is 0.0482 e. The van der Waals surface area contributed by atoms with Crippen LogP contribution in [0.1, 0.15) is 24.0 Å². The summed E-state index contributed by atoms with van der Waals surface area (Å²) in [4.78, 5) is 6.61. The van der Waals surface area contributed by atoms with Gasteiger partial charge in [-0.2, -0.15) is 0 Å². The summed E-state index contributed by atoms with van der Waals surface area (Å²) in [6, 6.07) is 6.55.